The van der Waals surface area contributed by atoms with Crippen molar-refractivity contribution in [2.45, 2.75) is 85.6 Å². The standard InChI is InChI=1S/C36H39ClFN5O2S/c1-18(2)7-6-8-28(21(5)44)41-36-32-23(10-12-29(42-36)43-14-13-19(3)20(43)4)33(37)30(25-16-45-17-26(25)32)22-9-11-27(38)34-31(22)24(15-39)35(40)46-34/h9-11,18-20,28H,6-8,13-14,16-17,40H2,1-5H3,(H,41,42)/t19-,20-,28+/m0/s1. The van der Waals surface area contributed by atoms with Crippen LogP contribution >= 0.6 is 22.9 Å². The second kappa shape index (κ2) is 12.8. The normalized spacial score (nSPS) is 20.5. The average Bonchev–Trinajstić information content (AvgIpc) is 3.68. The van der Waals surface area contributed by atoms with Gasteiger partial charge in [-0.15, -0.1) is 11.3 Å². The van der Waals surface area contributed by atoms with Gasteiger partial charge < -0.3 is 20.7 Å². The molecule has 3 atom stereocenters. The van der Waals surface area contributed by atoms with E-state index in [4.69, 9.17) is 27.1 Å². The number of hydrogen-bond acceptors (Lipinski definition) is 7. The summed E-state index contributed by atoms with van der Waals surface area (Å²) >= 11 is 8.46. The third kappa shape index (κ3) is 5.62. The van der Waals surface area contributed by atoms with E-state index in [1.807, 2.05) is 6.08 Å². The number of nitrogens with zero attached hydrogens (tertiary/aromatic N) is 3. The van der Waals surface area contributed by atoms with Gasteiger partial charge in [0, 0.05) is 34.7 Å². The van der Waals surface area contributed by atoms with Gasteiger partial charge in [-0.1, -0.05) is 57.0 Å². The summed E-state index contributed by atoms with van der Waals surface area (Å²) in [6, 6.07) is 4.99. The Morgan fingerprint density at radius 3 is 2.67 bits per heavy atom. The lowest BCUT2D eigenvalue weighted by Gasteiger charge is -2.28. The third-order valence-electron chi connectivity index (χ3n) is 9.65. The number of anilines is 1. The van der Waals surface area contributed by atoms with Crippen LogP contribution in [0.2, 0.25) is 5.02 Å². The molecule has 4 heterocycles. The van der Waals surface area contributed by atoms with E-state index in [2.05, 4.69) is 49.7 Å². The molecule has 3 aliphatic rings. The van der Waals surface area contributed by atoms with Gasteiger partial charge in [-0.25, -0.2) is 4.39 Å². The van der Waals surface area contributed by atoms with Crippen LogP contribution in [0.15, 0.2) is 28.7 Å². The minimum atomic E-state index is -0.525. The molecule has 10 heteroatoms. The number of nitrogens with two attached hydrogens (primary N) is 1. The second-order valence-electron chi connectivity index (χ2n) is 13.1. The molecule has 3 aromatic rings. The van der Waals surface area contributed by atoms with Crippen molar-refractivity contribution in [2.75, 3.05) is 12.3 Å². The number of ketones is 1. The Labute approximate surface area is 278 Å². The Morgan fingerprint density at radius 1 is 1.28 bits per heavy atom. The number of nitrogen functional groups attached to an aromatic ring is 1. The Hall–Kier alpha value is -3.67. The van der Waals surface area contributed by atoms with Gasteiger partial charge in [-0.3, -0.25) is 9.79 Å². The fourth-order valence-corrected chi connectivity index (χ4v) is 8.17. The zero-order valence-electron chi connectivity index (χ0n) is 26.9. The summed E-state index contributed by atoms with van der Waals surface area (Å²) in [6.45, 7) is 11.9. The van der Waals surface area contributed by atoms with Crippen LogP contribution in [0, 0.1) is 29.0 Å². The molecular formula is C36H39ClFN5O2S. The van der Waals surface area contributed by atoms with Gasteiger partial charge >= 0.3 is 0 Å². The van der Waals surface area contributed by atoms with Crippen molar-refractivity contribution in [3.05, 3.63) is 62.3 Å². The number of carbonyl (C=O) groups excluding carboxylic acids is 1. The maximum atomic E-state index is 15.0. The smallest absolute Gasteiger partial charge is 0.154 e. The van der Waals surface area contributed by atoms with Crippen molar-refractivity contribution < 1.29 is 13.9 Å². The fraction of sp³-hybridized carbons (Fsp3) is 0.444. The Morgan fingerprint density at radius 2 is 2.02 bits per heavy atom. The third-order valence-corrected chi connectivity index (χ3v) is 11.1. The summed E-state index contributed by atoms with van der Waals surface area (Å²) in [5, 5.41) is 14.7. The van der Waals surface area contributed by atoms with E-state index < -0.39 is 11.9 Å². The van der Waals surface area contributed by atoms with E-state index >= 15 is 4.39 Å². The number of rotatable bonds is 8. The summed E-state index contributed by atoms with van der Waals surface area (Å²) in [5.74, 6) is 1.95. The highest BCUT2D eigenvalue weighted by atomic mass is 35.5. The molecule has 0 saturated carbocycles. The van der Waals surface area contributed by atoms with E-state index in [0.717, 1.165) is 59.7 Å². The maximum Gasteiger partial charge on any atom is 0.154 e. The molecule has 0 radical (unpaired) electrons. The van der Waals surface area contributed by atoms with Crippen molar-refractivity contribution >= 4 is 55.7 Å². The number of Topliss-reactive ketones (excluding diaryl/α,β-unsaturated/α-hetero) is 1. The number of fused-ring (bicyclic) bond motifs is 4. The van der Waals surface area contributed by atoms with Crippen LogP contribution in [0.1, 0.15) is 88.1 Å². The number of halogens is 2. The van der Waals surface area contributed by atoms with E-state index in [0.29, 0.717) is 62.5 Å². The quantitative estimate of drug-likeness (QED) is 0.237. The van der Waals surface area contributed by atoms with E-state index in [1.54, 1.807) is 13.0 Å². The SMILES string of the molecule is CC(=O)[C@@H](CCCC(C)C)N=C1NC(N2CC[C@H](C)[C@@H]2C)=C=Cc2c(Cl)c(-c3ccc(F)c4sc(N)c(C#N)c34)c3c(c21)COC3. The molecule has 2 aromatic carbocycles. The minimum absolute atomic E-state index is 0.00824. The van der Waals surface area contributed by atoms with Crippen LogP contribution in [0.4, 0.5) is 9.39 Å². The maximum absolute atomic E-state index is 15.0. The summed E-state index contributed by atoms with van der Waals surface area (Å²) in [4.78, 5) is 20.4. The first kappa shape index (κ1) is 32.3. The molecule has 46 heavy (non-hydrogen) atoms. The highest BCUT2D eigenvalue weighted by Crippen LogP contribution is 2.48. The van der Waals surface area contributed by atoms with Gasteiger partial charge in [0.15, 0.2) is 11.6 Å². The van der Waals surface area contributed by atoms with Crippen LogP contribution in [0.5, 0.6) is 0 Å². The zero-order chi connectivity index (χ0) is 32.9. The van der Waals surface area contributed by atoms with Gasteiger partial charge in [0.05, 0.1) is 28.5 Å². The van der Waals surface area contributed by atoms with Crippen LogP contribution in [0.3, 0.4) is 0 Å². The summed E-state index contributed by atoms with van der Waals surface area (Å²) < 4.78 is 21.4. The molecule has 1 aromatic heterocycles. The number of likely N-dealkylation sites (tertiary alicyclic amines) is 1. The van der Waals surface area contributed by atoms with Crippen LogP contribution in [0.25, 0.3) is 27.3 Å². The minimum Gasteiger partial charge on any atom is -0.389 e. The highest BCUT2D eigenvalue weighted by Gasteiger charge is 2.35. The number of amidine groups is 1. The Kier molecular flexibility index (Phi) is 9.02. The topological polar surface area (TPSA) is 104 Å². The first-order valence-electron chi connectivity index (χ1n) is 16.0. The number of carbonyl (C=O) groups is 1. The van der Waals surface area contributed by atoms with Crippen molar-refractivity contribution in [3.8, 4) is 17.2 Å². The lowest BCUT2D eigenvalue weighted by molar-refractivity contribution is -0.118. The fourth-order valence-electron chi connectivity index (χ4n) is 6.86. The number of nitrogens with one attached hydrogen (secondary N) is 1. The first-order valence-corrected chi connectivity index (χ1v) is 17.2. The lowest BCUT2D eigenvalue weighted by Crippen LogP contribution is -2.39. The summed E-state index contributed by atoms with van der Waals surface area (Å²) in [7, 11) is 0. The van der Waals surface area contributed by atoms with Crippen molar-refractivity contribution in [1.29, 1.82) is 5.26 Å². The van der Waals surface area contributed by atoms with Gasteiger partial charge in [0.2, 0.25) is 0 Å². The number of benzene rings is 2. The molecule has 0 amide bonds. The predicted octanol–water partition coefficient (Wildman–Crippen LogP) is 8.16. The number of aliphatic imine (C=N–C) groups is 1. The molecule has 0 bridgehead atoms. The van der Waals surface area contributed by atoms with Gasteiger partial charge in [-0.05, 0) is 67.4 Å². The number of hydrogen-bond donors (Lipinski definition) is 2. The van der Waals surface area contributed by atoms with Crippen molar-refractivity contribution in [3.63, 3.8) is 0 Å². The highest BCUT2D eigenvalue weighted by molar-refractivity contribution is 7.23. The predicted molar refractivity (Wildman–Crippen MR) is 184 cm³/mol. The van der Waals surface area contributed by atoms with Gasteiger partial charge in [0.1, 0.15) is 28.8 Å². The monoisotopic (exact) mass is 659 g/mol. The largest absolute Gasteiger partial charge is 0.389 e. The number of nitriles is 1. The van der Waals surface area contributed by atoms with Crippen molar-refractivity contribution in [1.82, 2.24) is 10.2 Å². The molecule has 7 nitrogen and oxygen atoms in total. The van der Waals surface area contributed by atoms with Gasteiger partial charge in [-0.2, -0.15) is 5.26 Å². The van der Waals surface area contributed by atoms with E-state index in [1.165, 1.54) is 6.07 Å². The Bertz CT molecular complexity index is 1880. The zero-order valence-corrected chi connectivity index (χ0v) is 28.5. The van der Waals surface area contributed by atoms with Crippen LogP contribution in [-0.4, -0.2) is 35.1 Å². The van der Waals surface area contributed by atoms with E-state index in [9.17, 15) is 10.1 Å². The molecule has 0 unspecified atom stereocenters. The number of ether oxygens (including phenoxy) is 1. The molecule has 240 valence electrons. The molecular weight excluding hydrogens is 621 g/mol. The second-order valence-corrected chi connectivity index (χ2v) is 14.5. The molecule has 0 aliphatic carbocycles. The molecule has 3 N–H and O–H groups in total. The molecule has 6 rings (SSSR count). The van der Waals surface area contributed by atoms with Crippen molar-refractivity contribution in [2.24, 2.45) is 16.8 Å². The van der Waals surface area contributed by atoms with Crippen LogP contribution < -0.4 is 11.1 Å². The summed E-state index contributed by atoms with van der Waals surface area (Å²) in [5.41, 5.74) is 14.4. The molecule has 3 aliphatic heterocycles. The Balaban J connectivity index is 1.61. The lowest BCUT2D eigenvalue weighted by atomic mass is 9.87. The molecule has 0 spiro atoms. The van der Waals surface area contributed by atoms with E-state index in [-0.39, 0.29) is 29.0 Å². The summed E-state index contributed by atoms with van der Waals surface area (Å²) in [6.07, 6.45) is 5.48. The molecule has 1 saturated heterocycles. The van der Waals surface area contributed by atoms with Gasteiger partial charge in [0.25, 0.3) is 0 Å². The number of thiophene rings is 1. The average molecular weight is 660 g/mol. The van der Waals surface area contributed by atoms with Crippen LogP contribution in [-0.2, 0) is 22.7 Å². The first-order chi connectivity index (χ1) is 22.0. The molecule has 1 fully saturated rings.